The van der Waals surface area contributed by atoms with Crippen molar-refractivity contribution in [3.05, 3.63) is 17.4 Å². The van der Waals surface area contributed by atoms with Crippen molar-refractivity contribution in [1.29, 1.82) is 0 Å². The number of phenolic OH excluding ortho intramolecular Hbond substituents is 1. The fourth-order valence-electron chi connectivity index (χ4n) is 1.53. The number of phenols is 1. The zero-order chi connectivity index (χ0) is 10.8. The third kappa shape index (κ3) is 1.70. The van der Waals surface area contributed by atoms with Crippen LogP contribution < -0.4 is 15.2 Å². The standard InChI is InChI=1S/C10H12FNO3/c11-8-9(13)6(2-1-3-12)4-7-10(8)15-5-14-7/h4,13H,1-3,5,12H2. The van der Waals surface area contributed by atoms with E-state index in [1.807, 2.05) is 0 Å². The number of fused-ring (bicyclic) bond motifs is 1. The third-order valence-corrected chi connectivity index (χ3v) is 2.31. The van der Waals surface area contributed by atoms with Gasteiger partial charge in [0.15, 0.2) is 11.5 Å². The molecule has 0 aromatic heterocycles. The van der Waals surface area contributed by atoms with Gasteiger partial charge in [0.2, 0.25) is 18.4 Å². The maximum atomic E-state index is 13.5. The monoisotopic (exact) mass is 213 g/mol. The van der Waals surface area contributed by atoms with Crippen molar-refractivity contribution in [3.63, 3.8) is 0 Å². The lowest BCUT2D eigenvalue weighted by Gasteiger charge is -2.07. The van der Waals surface area contributed by atoms with Gasteiger partial charge in [0.05, 0.1) is 0 Å². The number of aromatic hydroxyl groups is 1. The van der Waals surface area contributed by atoms with E-state index >= 15 is 0 Å². The van der Waals surface area contributed by atoms with Gasteiger partial charge in [-0.1, -0.05) is 0 Å². The largest absolute Gasteiger partial charge is 0.505 e. The molecular weight excluding hydrogens is 201 g/mol. The molecule has 5 heteroatoms. The Kier molecular flexibility index (Phi) is 2.64. The van der Waals surface area contributed by atoms with Crippen LogP contribution in [0.5, 0.6) is 17.2 Å². The van der Waals surface area contributed by atoms with E-state index in [9.17, 15) is 9.50 Å². The molecule has 1 aromatic rings. The van der Waals surface area contributed by atoms with Crippen LogP contribution in [-0.2, 0) is 6.42 Å². The molecule has 4 nitrogen and oxygen atoms in total. The number of benzene rings is 1. The first-order chi connectivity index (χ1) is 7.24. The summed E-state index contributed by atoms with van der Waals surface area (Å²) in [5, 5.41) is 9.54. The number of nitrogens with two attached hydrogens (primary N) is 1. The lowest BCUT2D eigenvalue weighted by molar-refractivity contribution is 0.170. The Morgan fingerprint density at radius 2 is 2.27 bits per heavy atom. The number of halogens is 1. The fourth-order valence-corrected chi connectivity index (χ4v) is 1.53. The van der Waals surface area contributed by atoms with E-state index in [1.165, 1.54) is 0 Å². The van der Waals surface area contributed by atoms with E-state index in [0.29, 0.717) is 30.7 Å². The Hall–Kier alpha value is -1.49. The van der Waals surface area contributed by atoms with Crippen LogP contribution in [0.2, 0.25) is 0 Å². The molecule has 0 saturated carbocycles. The van der Waals surface area contributed by atoms with Crippen molar-refractivity contribution in [2.45, 2.75) is 12.8 Å². The number of hydrogen-bond donors (Lipinski definition) is 2. The topological polar surface area (TPSA) is 64.7 Å². The van der Waals surface area contributed by atoms with Crippen LogP contribution in [-0.4, -0.2) is 18.4 Å². The molecule has 0 saturated heterocycles. The molecule has 0 aliphatic carbocycles. The molecule has 1 aromatic carbocycles. The molecule has 0 atom stereocenters. The second-order valence-electron chi connectivity index (χ2n) is 3.32. The molecule has 1 aliphatic heterocycles. The summed E-state index contributed by atoms with van der Waals surface area (Å²) in [5.74, 6) is -0.786. The summed E-state index contributed by atoms with van der Waals surface area (Å²) in [7, 11) is 0. The molecule has 3 N–H and O–H groups in total. The maximum Gasteiger partial charge on any atom is 0.231 e. The first kappa shape index (κ1) is 10.0. The van der Waals surface area contributed by atoms with Crippen LogP contribution in [0.4, 0.5) is 4.39 Å². The van der Waals surface area contributed by atoms with E-state index < -0.39 is 5.82 Å². The Balaban J connectivity index is 2.36. The second kappa shape index (κ2) is 3.94. The summed E-state index contributed by atoms with van der Waals surface area (Å²) in [6, 6.07) is 1.59. The van der Waals surface area contributed by atoms with E-state index in [2.05, 4.69) is 0 Å². The molecule has 2 rings (SSSR count). The molecule has 1 aliphatic rings. The molecule has 0 fully saturated rings. The van der Waals surface area contributed by atoms with Crippen LogP contribution in [0.1, 0.15) is 12.0 Å². The first-order valence-corrected chi connectivity index (χ1v) is 4.74. The predicted octanol–water partition coefficient (Wildman–Crippen LogP) is 1.15. The van der Waals surface area contributed by atoms with Crippen molar-refractivity contribution in [1.82, 2.24) is 0 Å². The van der Waals surface area contributed by atoms with Crippen LogP contribution in [0.25, 0.3) is 0 Å². The Morgan fingerprint density at radius 3 is 3.00 bits per heavy atom. The molecule has 0 amide bonds. The van der Waals surface area contributed by atoms with Gasteiger partial charge in [-0.2, -0.15) is 4.39 Å². The quantitative estimate of drug-likeness (QED) is 0.790. The minimum absolute atomic E-state index is 0.00790. The number of hydrogen-bond acceptors (Lipinski definition) is 4. The molecule has 0 spiro atoms. The molecule has 0 unspecified atom stereocenters. The minimum Gasteiger partial charge on any atom is -0.505 e. The van der Waals surface area contributed by atoms with Gasteiger partial charge in [0.1, 0.15) is 0 Å². The highest BCUT2D eigenvalue weighted by Gasteiger charge is 2.24. The highest BCUT2D eigenvalue weighted by molar-refractivity contribution is 5.52. The average Bonchev–Trinajstić information content (AvgIpc) is 2.69. The smallest absolute Gasteiger partial charge is 0.231 e. The third-order valence-electron chi connectivity index (χ3n) is 2.31. The van der Waals surface area contributed by atoms with E-state index in [0.717, 1.165) is 0 Å². The van der Waals surface area contributed by atoms with Gasteiger partial charge in [0, 0.05) is 5.56 Å². The van der Waals surface area contributed by atoms with Gasteiger partial charge >= 0.3 is 0 Å². The normalized spacial score (nSPS) is 13.2. The molecule has 82 valence electrons. The lowest BCUT2D eigenvalue weighted by atomic mass is 10.1. The molecule has 0 bridgehead atoms. The summed E-state index contributed by atoms with van der Waals surface area (Å²) >= 11 is 0. The van der Waals surface area contributed by atoms with Gasteiger partial charge in [-0.3, -0.25) is 0 Å². The molecular formula is C10H12FNO3. The Morgan fingerprint density at radius 1 is 1.47 bits per heavy atom. The first-order valence-electron chi connectivity index (χ1n) is 4.74. The minimum atomic E-state index is -0.753. The van der Waals surface area contributed by atoms with Crippen LogP contribution in [0, 0.1) is 5.82 Å². The summed E-state index contributed by atoms with van der Waals surface area (Å²) in [4.78, 5) is 0. The predicted molar refractivity (Wildman–Crippen MR) is 51.6 cm³/mol. The SMILES string of the molecule is NCCCc1cc2c(c(F)c1O)OCO2. The molecule has 1 heterocycles. The van der Waals surface area contributed by atoms with Gasteiger partial charge < -0.3 is 20.3 Å². The van der Waals surface area contributed by atoms with Crippen molar-refractivity contribution < 1.29 is 19.0 Å². The average molecular weight is 213 g/mol. The summed E-state index contributed by atoms with van der Waals surface area (Å²) in [6.07, 6.45) is 1.21. The summed E-state index contributed by atoms with van der Waals surface area (Å²) < 4.78 is 23.4. The van der Waals surface area contributed by atoms with E-state index in [1.54, 1.807) is 6.07 Å². The van der Waals surface area contributed by atoms with E-state index in [4.69, 9.17) is 15.2 Å². The molecule has 15 heavy (non-hydrogen) atoms. The van der Waals surface area contributed by atoms with Crippen molar-refractivity contribution in [3.8, 4) is 17.2 Å². The number of rotatable bonds is 3. The van der Waals surface area contributed by atoms with Crippen LogP contribution in [0.3, 0.4) is 0 Å². The fraction of sp³-hybridized carbons (Fsp3) is 0.400. The zero-order valence-electron chi connectivity index (χ0n) is 8.12. The van der Waals surface area contributed by atoms with Gasteiger partial charge in [0.25, 0.3) is 0 Å². The lowest BCUT2D eigenvalue weighted by Crippen LogP contribution is -2.01. The van der Waals surface area contributed by atoms with Gasteiger partial charge in [-0.25, -0.2) is 0 Å². The van der Waals surface area contributed by atoms with Crippen molar-refractivity contribution >= 4 is 0 Å². The number of aryl methyl sites for hydroxylation is 1. The van der Waals surface area contributed by atoms with Gasteiger partial charge in [-0.15, -0.1) is 0 Å². The van der Waals surface area contributed by atoms with Crippen molar-refractivity contribution in [2.24, 2.45) is 5.73 Å². The maximum absolute atomic E-state index is 13.5. The summed E-state index contributed by atoms with van der Waals surface area (Å²) in [6.45, 7) is 0.488. The number of ether oxygens (including phenoxy) is 2. The van der Waals surface area contributed by atoms with Crippen LogP contribution >= 0.6 is 0 Å². The van der Waals surface area contributed by atoms with Crippen molar-refractivity contribution in [2.75, 3.05) is 13.3 Å². The second-order valence-corrected chi connectivity index (χ2v) is 3.32. The molecule has 0 radical (unpaired) electrons. The zero-order valence-corrected chi connectivity index (χ0v) is 8.12. The highest BCUT2D eigenvalue weighted by Crippen LogP contribution is 2.41. The van der Waals surface area contributed by atoms with Crippen LogP contribution in [0.15, 0.2) is 6.07 Å². The van der Waals surface area contributed by atoms with E-state index in [-0.39, 0.29) is 18.3 Å². The summed E-state index contributed by atoms with van der Waals surface area (Å²) in [5.41, 5.74) is 5.85. The highest BCUT2D eigenvalue weighted by atomic mass is 19.1. The Labute approximate surface area is 86.4 Å². The van der Waals surface area contributed by atoms with Gasteiger partial charge in [-0.05, 0) is 25.5 Å². The Bertz CT molecular complexity index is 381.